The number of carbonyl (C=O) groups is 1. The summed E-state index contributed by atoms with van der Waals surface area (Å²) in [7, 11) is -2.69. The lowest BCUT2D eigenvalue weighted by molar-refractivity contribution is -0.150. The first-order chi connectivity index (χ1) is 29.8. The maximum absolute atomic E-state index is 13.0. The van der Waals surface area contributed by atoms with Gasteiger partial charge in [-0.15, -0.1) is 0 Å². The number of benzene rings is 2. The Morgan fingerprint density at radius 1 is 0.541 bits per heavy atom. The highest BCUT2D eigenvalue weighted by Gasteiger charge is 2.50. The minimum atomic E-state index is -2.69. The van der Waals surface area contributed by atoms with Crippen LogP contribution in [-0.4, -0.2) is 52.8 Å². The van der Waals surface area contributed by atoms with E-state index in [0.717, 1.165) is 38.6 Å². The fourth-order valence-electron chi connectivity index (χ4n) is 8.93. The van der Waals surface area contributed by atoms with Gasteiger partial charge in [0.15, 0.2) is 0 Å². The maximum Gasteiger partial charge on any atom is 0.306 e. The summed E-state index contributed by atoms with van der Waals surface area (Å²) >= 11 is 0. The number of hydrogen-bond acceptors (Lipinski definition) is 5. The normalized spacial score (nSPS) is 13.1. The van der Waals surface area contributed by atoms with Crippen molar-refractivity contribution in [1.82, 2.24) is 5.32 Å². The van der Waals surface area contributed by atoms with Gasteiger partial charge in [0, 0.05) is 12.8 Å². The molecule has 0 saturated carbocycles. The van der Waals surface area contributed by atoms with Crippen molar-refractivity contribution in [2.45, 2.75) is 245 Å². The lowest BCUT2D eigenvalue weighted by Gasteiger charge is -2.43. The number of carbonyl (C=O) groups excluding carboxylic acids is 1. The fourth-order valence-corrected chi connectivity index (χ4v) is 13.5. The highest BCUT2D eigenvalue weighted by molar-refractivity contribution is 6.99. The molecular formula is C55H97NO4Si. The third kappa shape index (κ3) is 25.2. The van der Waals surface area contributed by atoms with Gasteiger partial charge in [0.25, 0.3) is 8.32 Å². The molecule has 1 N–H and O–H groups in total. The van der Waals surface area contributed by atoms with Crippen LogP contribution in [0.2, 0.25) is 5.04 Å². The molecule has 61 heavy (non-hydrogen) atoms. The molecule has 0 aliphatic rings. The zero-order valence-corrected chi connectivity index (χ0v) is 41.9. The Morgan fingerprint density at radius 2 is 0.967 bits per heavy atom. The third-order valence-corrected chi connectivity index (χ3v) is 17.7. The van der Waals surface area contributed by atoms with Crippen molar-refractivity contribution in [3.63, 3.8) is 0 Å². The highest BCUT2D eigenvalue weighted by Crippen LogP contribution is 2.37. The van der Waals surface area contributed by atoms with Gasteiger partial charge in [-0.1, -0.05) is 250 Å². The van der Waals surface area contributed by atoms with Gasteiger partial charge in [0.05, 0.1) is 25.9 Å². The van der Waals surface area contributed by atoms with Crippen LogP contribution < -0.4 is 15.7 Å². The van der Waals surface area contributed by atoms with Crippen LogP contribution in [0.25, 0.3) is 0 Å². The van der Waals surface area contributed by atoms with Crippen LogP contribution in [-0.2, 0) is 18.7 Å². The summed E-state index contributed by atoms with van der Waals surface area (Å²) in [5.74, 6) is -0.0258. The Labute approximate surface area is 379 Å². The minimum absolute atomic E-state index is 0.0258. The highest BCUT2D eigenvalue weighted by atomic mass is 28.4. The van der Waals surface area contributed by atoms with Crippen LogP contribution >= 0.6 is 0 Å². The summed E-state index contributed by atoms with van der Waals surface area (Å²) < 4.78 is 20.1. The molecule has 2 atom stereocenters. The molecule has 6 heteroatoms. The molecule has 0 aliphatic heterocycles. The second-order valence-corrected chi connectivity index (χ2v) is 23.6. The Balaban J connectivity index is 2.02. The van der Waals surface area contributed by atoms with Crippen LogP contribution in [0, 0.1) is 0 Å². The van der Waals surface area contributed by atoms with Crippen molar-refractivity contribution in [3.8, 4) is 0 Å². The Hall–Kier alpha value is -1.99. The predicted octanol–water partition coefficient (Wildman–Crippen LogP) is 14.8. The van der Waals surface area contributed by atoms with E-state index in [9.17, 15) is 4.79 Å². The van der Waals surface area contributed by atoms with E-state index >= 15 is 0 Å². The van der Waals surface area contributed by atoms with Gasteiger partial charge in [-0.25, -0.2) is 0 Å². The summed E-state index contributed by atoms with van der Waals surface area (Å²) in [5, 5.41) is 6.42. The number of nitrogens with one attached hydrogen (secondary N) is 1. The van der Waals surface area contributed by atoms with Crippen molar-refractivity contribution in [2.75, 3.05) is 26.4 Å². The summed E-state index contributed by atoms with van der Waals surface area (Å²) in [5.41, 5.74) is 0. The molecule has 0 heterocycles. The Morgan fingerprint density at radius 3 is 1.43 bits per heavy atom. The van der Waals surface area contributed by atoms with Gasteiger partial charge in [-0.05, 0) is 47.6 Å². The summed E-state index contributed by atoms with van der Waals surface area (Å²) in [4.78, 5) is 13.0. The van der Waals surface area contributed by atoms with Gasteiger partial charge in [-0.2, -0.15) is 0 Å². The number of unbranched alkanes of at least 4 members (excludes halogenated alkanes) is 23. The minimum Gasteiger partial charge on any atom is -0.462 e. The van der Waals surface area contributed by atoms with E-state index < -0.39 is 8.32 Å². The Kier molecular flexibility index (Phi) is 32.9. The van der Waals surface area contributed by atoms with Crippen LogP contribution in [0.5, 0.6) is 0 Å². The van der Waals surface area contributed by atoms with Crippen molar-refractivity contribution in [3.05, 3.63) is 60.7 Å². The molecule has 0 fully saturated rings. The molecule has 2 aromatic rings. The van der Waals surface area contributed by atoms with E-state index in [4.69, 9.17) is 13.9 Å². The molecule has 350 valence electrons. The van der Waals surface area contributed by atoms with Crippen molar-refractivity contribution >= 4 is 24.7 Å². The van der Waals surface area contributed by atoms with Crippen LogP contribution in [0.4, 0.5) is 0 Å². The molecule has 0 aromatic heterocycles. The molecule has 2 aromatic carbocycles. The van der Waals surface area contributed by atoms with E-state index in [1.54, 1.807) is 0 Å². The molecule has 0 bridgehead atoms. The van der Waals surface area contributed by atoms with Gasteiger partial charge in [0.2, 0.25) is 0 Å². The predicted molar refractivity (Wildman–Crippen MR) is 267 cm³/mol. The van der Waals surface area contributed by atoms with E-state index in [-0.39, 0.29) is 23.2 Å². The second kappa shape index (κ2) is 36.4. The van der Waals surface area contributed by atoms with E-state index in [2.05, 4.69) is 108 Å². The first-order valence-corrected chi connectivity index (χ1v) is 27.9. The van der Waals surface area contributed by atoms with E-state index in [0.29, 0.717) is 26.2 Å². The van der Waals surface area contributed by atoms with Crippen molar-refractivity contribution < 1.29 is 18.7 Å². The van der Waals surface area contributed by atoms with Gasteiger partial charge < -0.3 is 19.2 Å². The topological polar surface area (TPSA) is 56.8 Å². The van der Waals surface area contributed by atoms with Crippen LogP contribution in [0.3, 0.4) is 0 Å². The maximum atomic E-state index is 13.0. The largest absolute Gasteiger partial charge is 0.462 e. The summed E-state index contributed by atoms with van der Waals surface area (Å²) in [6.07, 6.45) is 35.7. The SMILES string of the molecule is CCCCCCCCCCCCCCN[C@H](COCC[C@@H](CCCCCCC)OC(=O)CCCCCCCCCCC)CO[Si](c1ccccc1)(c1ccccc1)C(C)(C)C. The molecule has 0 unspecified atom stereocenters. The zero-order valence-electron chi connectivity index (χ0n) is 40.9. The van der Waals surface area contributed by atoms with Gasteiger partial charge in [-0.3, -0.25) is 4.79 Å². The Bertz CT molecular complexity index is 1230. The monoisotopic (exact) mass is 864 g/mol. The van der Waals surface area contributed by atoms with Crippen LogP contribution in [0.1, 0.15) is 228 Å². The quantitative estimate of drug-likeness (QED) is 0.0410. The molecule has 0 aliphatic carbocycles. The molecule has 0 radical (unpaired) electrons. The van der Waals surface area contributed by atoms with Gasteiger partial charge in [0.1, 0.15) is 6.10 Å². The second-order valence-electron chi connectivity index (χ2n) is 19.3. The van der Waals surface area contributed by atoms with Crippen molar-refractivity contribution in [1.29, 1.82) is 0 Å². The third-order valence-electron chi connectivity index (χ3n) is 12.7. The number of rotatable bonds is 41. The molecule has 2 rings (SSSR count). The first kappa shape index (κ1) is 55.1. The van der Waals surface area contributed by atoms with Crippen molar-refractivity contribution in [2.24, 2.45) is 0 Å². The molecule has 5 nitrogen and oxygen atoms in total. The lowest BCUT2D eigenvalue weighted by Crippen LogP contribution is -2.67. The summed E-state index contributed by atoms with van der Waals surface area (Å²) in [6.45, 7) is 16.6. The van der Waals surface area contributed by atoms with E-state index in [1.807, 2.05) is 0 Å². The van der Waals surface area contributed by atoms with E-state index in [1.165, 1.54) is 158 Å². The molecule has 0 amide bonds. The number of esters is 1. The standard InChI is InChI=1S/C55H97NO4Si/c1-7-10-13-16-18-20-21-22-24-26-29-38-46-56-50(49-59-61(55(4,5)6,52-40-33-30-34-41-52)53-42-35-31-36-43-53)48-58-47-45-51(39-32-27-15-12-9-3)60-54(57)44-37-28-25-23-19-17-14-11-8-2/h30-31,33-36,40-43,50-51,56H,7-29,32,37-39,44-49H2,1-6H3/t50-,51-/m1/s1. The zero-order chi connectivity index (χ0) is 44.1. The number of ether oxygens (including phenoxy) is 2. The fraction of sp³-hybridized carbons (Fsp3) is 0.764. The smallest absolute Gasteiger partial charge is 0.306 e. The lowest BCUT2D eigenvalue weighted by atomic mass is 10.1. The number of hydrogen-bond donors (Lipinski definition) is 1. The summed E-state index contributed by atoms with van der Waals surface area (Å²) in [6, 6.07) is 22.0. The van der Waals surface area contributed by atoms with Gasteiger partial charge >= 0.3 is 5.97 Å². The molecule has 0 spiro atoms. The first-order valence-electron chi connectivity index (χ1n) is 26.0. The average molecular weight is 864 g/mol. The molecular weight excluding hydrogens is 767 g/mol. The van der Waals surface area contributed by atoms with Crippen LogP contribution in [0.15, 0.2) is 60.7 Å². The molecule has 0 saturated heterocycles. The average Bonchev–Trinajstić information content (AvgIpc) is 3.26.